The molecule has 1 aliphatic heterocycles. The first kappa shape index (κ1) is 16.7. The van der Waals surface area contributed by atoms with Gasteiger partial charge in [0.1, 0.15) is 0 Å². The number of piperidine rings is 1. The zero-order chi connectivity index (χ0) is 17.1. The Hall–Kier alpha value is -1.76. The number of likely N-dealkylation sites (tertiary alicyclic amines) is 1. The van der Waals surface area contributed by atoms with Crippen LogP contribution in [0.5, 0.6) is 0 Å². The lowest BCUT2D eigenvalue weighted by atomic mass is 9.97. The molecule has 1 aliphatic rings. The fourth-order valence-corrected chi connectivity index (χ4v) is 4.88. The van der Waals surface area contributed by atoms with Gasteiger partial charge in [-0.1, -0.05) is 18.2 Å². The molecule has 3 aromatic rings. The van der Waals surface area contributed by atoms with Crippen molar-refractivity contribution in [3.63, 3.8) is 0 Å². The van der Waals surface area contributed by atoms with Gasteiger partial charge >= 0.3 is 0 Å². The highest BCUT2D eigenvalue weighted by Crippen LogP contribution is 2.22. The summed E-state index contributed by atoms with van der Waals surface area (Å²) in [6.07, 6.45) is 2.29. The average molecular weight is 372 g/mol. The molecule has 0 aliphatic carbocycles. The maximum Gasteiger partial charge on any atom is 0.280 e. The Balaban J connectivity index is 1.25. The van der Waals surface area contributed by atoms with Crippen LogP contribution in [0.15, 0.2) is 41.8 Å². The molecule has 2 aromatic heterocycles. The van der Waals surface area contributed by atoms with Crippen LogP contribution < -0.4 is 5.32 Å². The van der Waals surface area contributed by atoms with E-state index in [1.54, 1.807) is 0 Å². The number of thiazole rings is 1. The molecule has 0 saturated carbocycles. The minimum Gasteiger partial charge on any atom is -0.350 e. The number of carbonyl (C=O) groups is 1. The Morgan fingerprint density at radius 3 is 2.80 bits per heavy atom. The number of nitrogens with zero attached hydrogens (tertiary/aromatic N) is 2. The van der Waals surface area contributed by atoms with Crippen LogP contribution in [0.3, 0.4) is 0 Å². The summed E-state index contributed by atoms with van der Waals surface area (Å²) < 4.78 is 1.06. The summed E-state index contributed by atoms with van der Waals surface area (Å²) >= 11 is 3.29. The van der Waals surface area contributed by atoms with Crippen LogP contribution in [0.1, 0.15) is 27.5 Å². The number of hydrogen-bond donors (Lipinski definition) is 1. The van der Waals surface area contributed by atoms with Crippen molar-refractivity contribution in [2.75, 3.05) is 19.6 Å². The monoisotopic (exact) mass is 371 g/mol. The van der Waals surface area contributed by atoms with Gasteiger partial charge in [-0.3, -0.25) is 9.69 Å². The van der Waals surface area contributed by atoms with E-state index in [0.29, 0.717) is 10.9 Å². The minimum atomic E-state index is -0.0396. The maximum absolute atomic E-state index is 12.4. The molecule has 0 radical (unpaired) electrons. The molecule has 4 nitrogen and oxygen atoms in total. The Bertz CT molecular complexity index is 802. The highest BCUT2D eigenvalue weighted by atomic mass is 32.1. The summed E-state index contributed by atoms with van der Waals surface area (Å²) in [6.45, 7) is 4.03. The second-order valence-corrected chi connectivity index (χ2v) is 8.56. The number of hydrogen-bond acceptors (Lipinski definition) is 5. The van der Waals surface area contributed by atoms with E-state index in [2.05, 4.69) is 32.7 Å². The second kappa shape index (κ2) is 7.64. The van der Waals surface area contributed by atoms with Crippen molar-refractivity contribution >= 4 is 38.8 Å². The number of carbonyl (C=O) groups excluding carboxylic acids is 1. The predicted molar refractivity (Wildman–Crippen MR) is 104 cm³/mol. The molecule has 1 amide bonds. The summed E-state index contributed by atoms with van der Waals surface area (Å²) in [7, 11) is 0. The number of fused-ring (bicyclic) bond motifs is 1. The molecule has 4 rings (SSSR count). The van der Waals surface area contributed by atoms with E-state index in [4.69, 9.17) is 0 Å². The van der Waals surface area contributed by atoms with Crippen molar-refractivity contribution in [3.8, 4) is 0 Å². The van der Waals surface area contributed by atoms with Crippen molar-refractivity contribution in [2.24, 2.45) is 5.92 Å². The number of benzene rings is 1. The van der Waals surface area contributed by atoms with Gasteiger partial charge in [-0.25, -0.2) is 4.98 Å². The molecule has 0 bridgehead atoms. The molecule has 130 valence electrons. The Morgan fingerprint density at radius 1 is 1.20 bits per heavy atom. The smallest absolute Gasteiger partial charge is 0.280 e. The van der Waals surface area contributed by atoms with Gasteiger partial charge in [-0.2, -0.15) is 0 Å². The van der Waals surface area contributed by atoms with Crippen molar-refractivity contribution in [3.05, 3.63) is 51.7 Å². The van der Waals surface area contributed by atoms with Gasteiger partial charge in [-0.05, 0) is 55.4 Å². The number of nitrogens with one attached hydrogen (secondary N) is 1. The van der Waals surface area contributed by atoms with E-state index in [1.165, 1.54) is 16.2 Å². The number of rotatable bonds is 5. The number of aromatic nitrogens is 1. The van der Waals surface area contributed by atoms with Crippen LogP contribution in [0, 0.1) is 5.92 Å². The normalized spacial score (nSPS) is 16.3. The fraction of sp³-hybridized carbons (Fsp3) is 0.368. The molecule has 1 fully saturated rings. The van der Waals surface area contributed by atoms with Crippen molar-refractivity contribution in [1.82, 2.24) is 15.2 Å². The van der Waals surface area contributed by atoms with Crippen molar-refractivity contribution in [1.29, 1.82) is 0 Å². The molecule has 0 spiro atoms. The third-order valence-corrected chi connectivity index (χ3v) is 6.60. The zero-order valence-electron chi connectivity index (χ0n) is 14.0. The molecular formula is C19H21N3OS2. The summed E-state index contributed by atoms with van der Waals surface area (Å²) in [5.41, 5.74) is 0.902. The van der Waals surface area contributed by atoms with Crippen LogP contribution >= 0.6 is 22.7 Å². The SMILES string of the molecule is O=C(NCC1CCN(Cc2cccs2)CC1)c1nc2ccccc2s1. The third kappa shape index (κ3) is 4.08. The van der Waals surface area contributed by atoms with E-state index in [0.717, 1.165) is 49.2 Å². The first-order chi connectivity index (χ1) is 12.3. The van der Waals surface area contributed by atoms with Gasteiger partial charge in [0.15, 0.2) is 5.01 Å². The molecule has 1 N–H and O–H groups in total. The highest BCUT2D eigenvalue weighted by molar-refractivity contribution is 7.20. The molecule has 0 unspecified atom stereocenters. The van der Waals surface area contributed by atoms with Gasteiger partial charge in [0.25, 0.3) is 5.91 Å². The van der Waals surface area contributed by atoms with Crippen LogP contribution in [0.4, 0.5) is 0 Å². The van der Waals surface area contributed by atoms with Crippen LogP contribution in [0.25, 0.3) is 10.2 Å². The molecular weight excluding hydrogens is 350 g/mol. The first-order valence-electron chi connectivity index (χ1n) is 8.66. The third-order valence-electron chi connectivity index (χ3n) is 4.71. The van der Waals surface area contributed by atoms with Crippen LogP contribution in [-0.2, 0) is 6.54 Å². The lowest BCUT2D eigenvalue weighted by Gasteiger charge is -2.31. The quantitative estimate of drug-likeness (QED) is 0.737. The second-order valence-electron chi connectivity index (χ2n) is 6.50. The van der Waals surface area contributed by atoms with Gasteiger partial charge in [0.05, 0.1) is 10.2 Å². The predicted octanol–water partition coefficient (Wildman–Crippen LogP) is 4.00. The Morgan fingerprint density at radius 2 is 2.04 bits per heavy atom. The highest BCUT2D eigenvalue weighted by Gasteiger charge is 2.21. The first-order valence-corrected chi connectivity index (χ1v) is 10.4. The minimum absolute atomic E-state index is 0.0396. The maximum atomic E-state index is 12.4. The summed E-state index contributed by atoms with van der Waals surface area (Å²) in [5.74, 6) is 0.528. The standard InChI is InChI=1S/C19H21N3OS2/c23-18(19-21-16-5-1-2-6-17(16)25-19)20-12-14-7-9-22(10-8-14)13-15-4-3-11-24-15/h1-6,11,14H,7-10,12-13H2,(H,20,23). The largest absolute Gasteiger partial charge is 0.350 e. The topological polar surface area (TPSA) is 45.2 Å². The van der Waals surface area contributed by atoms with E-state index >= 15 is 0 Å². The molecule has 1 aromatic carbocycles. The molecule has 1 saturated heterocycles. The molecule has 0 atom stereocenters. The van der Waals surface area contributed by atoms with E-state index < -0.39 is 0 Å². The van der Waals surface area contributed by atoms with Crippen molar-refractivity contribution in [2.45, 2.75) is 19.4 Å². The summed E-state index contributed by atoms with van der Waals surface area (Å²) in [4.78, 5) is 20.7. The Labute approximate surface area is 155 Å². The van der Waals surface area contributed by atoms with Crippen LogP contribution in [-0.4, -0.2) is 35.4 Å². The number of amides is 1. The fourth-order valence-electron chi connectivity index (χ4n) is 3.25. The van der Waals surface area contributed by atoms with E-state index in [1.807, 2.05) is 35.6 Å². The lowest BCUT2D eigenvalue weighted by molar-refractivity contribution is 0.0935. The van der Waals surface area contributed by atoms with E-state index in [9.17, 15) is 4.79 Å². The molecule has 6 heteroatoms. The average Bonchev–Trinajstić information content (AvgIpc) is 3.30. The van der Waals surface area contributed by atoms with Crippen molar-refractivity contribution < 1.29 is 4.79 Å². The number of thiophene rings is 1. The van der Waals surface area contributed by atoms with Gasteiger partial charge in [0.2, 0.25) is 0 Å². The summed E-state index contributed by atoms with van der Waals surface area (Å²) in [6, 6.07) is 12.2. The Kier molecular flexibility index (Phi) is 5.10. The molecule has 3 heterocycles. The van der Waals surface area contributed by atoms with E-state index in [-0.39, 0.29) is 5.91 Å². The van der Waals surface area contributed by atoms with Gasteiger partial charge in [-0.15, -0.1) is 22.7 Å². The van der Waals surface area contributed by atoms with Gasteiger partial charge < -0.3 is 5.32 Å². The number of para-hydroxylation sites is 1. The van der Waals surface area contributed by atoms with Gasteiger partial charge in [0, 0.05) is 18.0 Å². The summed E-state index contributed by atoms with van der Waals surface area (Å²) in [5, 5.41) is 5.79. The molecule has 25 heavy (non-hydrogen) atoms. The van der Waals surface area contributed by atoms with Crippen LogP contribution in [0.2, 0.25) is 0 Å². The lowest BCUT2D eigenvalue weighted by Crippen LogP contribution is -2.38. The zero-order valence-corrected chi connectivity index (χ0v) is 15.6.